The van der Waals surface area contributed by atoms with Gasteiger partial charge >= 0.3 is 0 Å². The number of aromatic nitrogens is 3. The van der Waals surface area contributed by atoms with E-state index in [1.807, 2.05) is 18.2 Å². The summed E-state index contributed by atoms with van der Waals surface area (Å²) in [7, 11) is 0. The van der Waals surface area contributed by atoms with Crippen LogP contribution in [0.25, 0.3) is 0 Å². The number of hydrogen-bond donors (Lipinski definition) is 0. The standard InChI is InChI=1S/C10H6N4S/c11-7-8-1-2-10(14-13-8)15-9-3-5-12-6-4-9/h1-6H. The summed E-state index contributed by atoms with van der Waals surface area (Å²) < 4.78 is 0. The third-order valence-electron chi connectivity index (χ3n) is 1.63. The molecule has 0 aliphatic rings. The largest absolute Gasteiger partial charge is 0.265 e. The molecule has 0 unspecified atom stereocenters. The van der Waals surface area contributed by atoms with Crippen LogP contribution in [-0.4, -0.2) is 15.2 Å². The Balaban J connectivity index is 2.16. The molecule has 72 valence electrons. The molecule has 0 aliphatic heterocycles. The lowest BCUT2D eigenvalue weighted by molar-refractivity contribution is 0.915. The Hall–Kier alpha value is -1.93. The van der Waals surface area contributed by atoms with Gasteiger partial charge in [-0.15, -0.1) is 10.2 Å². The van der Waals surface area contributed by atoms with Crippen molar-refractivity contribution in [2.75, 3.05) is 0 Å². The van der Waals surface area contributed by atoms with Crippen LogP contribution < -0.4 is 0 Å². The third-order valence-corrected chi connectivity index (χ3v) is 2.56. The molecule has 2 heterocycles. The summed E-state index contributed by atoms with van der Waals surface area (Å²) in [5, 5.41) is 17.0. The van der Waals surface area contributed by atoms with Gasteiger partial charge in [-0.25, -0.2) is 0 Å². The van der Waals surface area contributed by atoms with Crippen molar-refractivity contribution in [1.29, 1.82) is 5.26 Å². The molecule has 2 aromatic rings. The second-order valence-electron chi connectivity index (χ2n) is 2.65. The van der Waals surface area contributed by atoms with E-state index in [1.165, 1.54) is 11.8 Å². The maximum Gasteiger partial charge on any atom is 0.163 e. The molecule has 0 aromatic carbocycles. The van der Waals surface area contributed by atoms with Crippen molar-refractivity contribution in [3.63, 3.8) is 0 Å². The predicted molar refractivity (Wildman–Crippen MR) is 55.1 cm³/mol. The van der Waals surface area contributed by atoms with E-state index < -0.39 is 0 Å². The van der Waals surface area contributed by atoms with Gasteiger partial charge in [0.1, 0.15) is 11.1 Å². The Kier molecular flexibility index (Phi) is 2.90. The molecule has 4 nitrogen and oxygen atoms in total. The minimum absolute atomic E-state index is 0.328. The summed E-state index contributed by atoms with van der Waals surface area (Å²) in [6.45, 7) is 0. The third kappa shape index (κ3) is 2.51. The summed E-state index contributed by atoms with van der Waals surface area (Å²) in [5.74, 6) is 0. The molecule has 0 amide bonds. The fourth-order valence-electron chi connectivity index (χ4n) is 0.961. The molecular formula is C10H6N4S. The molecule has 0 bridgehead atoms. The van der Waals surface area contributed by atoms with E-state index in [9.17, 15) is 0 Å². The first-order valence-corrected chi connectivity index (χ1v) is 5.02. The number of rotatable bonds is 2. The van der Waals surface area contributed by atoms with Gasteiger partial charge in [-0.2, -0.15) is 5.26 Å². The highest BCUT2D eigenvalue weighted by molar-refractivity contribution is 7.99. The Morgan fingerprint density at radius 1 is 1.07 bits per heavy atom. The Morgan fingerprint density at radius 3 is 2.47 bits per heavy atom. The van der Waals surface area contributed by atoms with Crippen LogP contribution in [0.5, 0.6) is 0 Å². The molecule has 0 spiro atoms. The molecule has 5 heteroatoms. The number of nitrogens with zero attached hydrogens (tertiary/aromatic N) is 4. The van der Waals surface area contributed by atoms with Gasteiger partial charge in [-0.1, -0.05) is 11.8 Å². The van der Waals surface area contributed by atoms with Gasteiger partial charge in [0.2, 0.25) is 0 Å². The zero-order valence-corrected chi connectivity index (χ0v) is 8.48. The van der Waals surface area contributed by atoms with Crippen LogP contribution >= 0.6 is 11.8 Å². The maximum absolute atomic E-state index is 8.55. The lowest BCUT2D eigenvalue weighted by Crippen LogP contribution is -1.88. The zero-order chi connectivity index (χ0) is 10.5. The molecule has 15 heavy (non-hydrogen) atoms. The van der Waals surface area contributed by atoms with E-state index in [1.54, 1.807) is 24.5 Å². The van der Waals surface area contributed by atoms with Crippen LogP contribution in [0.4, 0.5) is 0 Å². The van der Waals surface area contributed by atoms with Crippen molar-refractivity contribution in [2.24, 2.45) is 0 Å². The highest BCUT2D eigenvalue weighted by Crippen LogP contribution is 2.24. The second-order valence-corrected chi connectivity index (χ2v) is 3.75. The van der Waals surface area contributed by atoms with Crippen molar-refractivity contribution >= 4 is 11.8 Å². The van der Waals surface area contributed by atoms with E-state index in [0.29, 0.717) is 5.69 Å². The molecule has 0 saturated heterocycles. The first-order valence-electron chi connectivity index (χ1n) is 4.20. The molecule has 0 radical (unpaired) electrons. The molecular weight excluding hydrogens is 208 g/mol. The lowest BCUT2D eigenvalue weighted by Gasteiger charge is -1.98. The second kappa shape index (κ2) is 4.53. The SMILES string of the molecule is N#Cc1ccc(Sc2ccncc2)nn1. The van der Waals surface area contributed by atoms with Gasteiger partial charge in [-0.3, -0.25) is 4.98 Å². The van der Waals surface area contributed by atoms with Gasteiger partial charge in [0.05, 0.1) is 0 Å². The van der Waals surface area contributed by atoms with E-state index in [4.69, 9.17) is 5.26 Å². The predicted octanol–water partition coefficient (Wildman–Crippen LogP) is 1.89. The topological polar surface area (TPSA) is 62.5 Å². The van der Waals surface area contributed by atoms with Crippen LogP contribution in [0.15, 0.2) is 46.6 Å². The fraction of sp³-hybridized carbons (Fsp3) is 0. The first-order chi connectivity index (χ1) is 7.38. The lowest BCUT2D eigenvalue weighted by atomic mass is 10.4. The summed E-state index contributed by atoms with van der Waals surface area (Å²) in [6, 6.07) is 9.14. The molecule has 0 fully saturated rings. The van der Waals surface area contributed by atoms with Gasteiger partial charge in [0.15, 0.2) is 5.69 Å². The highest BCUT2D eigenvalue weighted by Gasteiger charge is 1.99. The number of pyridine rings is 1. The molecule has 2 aromatic heterocycles. The fourth-order valence-corrected chi connectivity index (χ4v) is 1.68. The molecule has 0 aliphatic carbocycles. The quantitative estimate of drug-likeness (QED) is 0.764. The van der Waals surface area contributed by atoms with Gasteiger partial charge in [-0.05, 0) is 24.3 Å². The van der Waals surface area contributed by atoms with Crippen molar-refractivity contribution in [1.82, 2.24) is 15.2 Å². The van der Waals surface area contributed by atoms with Crippen LogP contribution in [0.3, 0.4) is 0 Å². The van der Waals surface area contributed by atoms with Crippen LogP contribution in [0.2, 0.25) is 0 Å². The Morgan fingerprint density at radius 2 is 1.87 bits per heavy atom. The van der Waals surface area contributed by atoms with Crippen LogP contribution in [0, 0.1) is 11.3 Å². The van der Waals surface area contributed by atoms with Crippen molar-refractivity contribution < 1.29 is 0 Å². The summed E-state index contributed by atoms with van der Waals surface area (Å²) in [6.07, 6.45) is 3.44. The minimum atomic E-state index is 0.328. The van der Waals surface area contributed by atoms with Crippen molar-refractivity contribution in [3.8, 4) is 6.07 Å². The highest BCUT2D eigenvalue weighted by atomic mass is 32.2. The summed E-state index contributed by atoms with van der Waals surface area (Å²) >= 11 is 1.48. The molecule has 0 N–H and O–H groups in total. The van der Waals surface area contributed by atoms with Gasteiger partial charge < -0.3 is 0 Å². The minimum Gasteiger partial charge on any atom is -0.265 e. The average molecular weight is 214 g/mol. The smallest absolute Gasteiger partial charge is 0.163 e. The average Bonchev–Trinajstić information content (AvgIpc) is 2.31. The normalized spacial score (nSPS) is 9.53. The van der Waals surface area contributed by atoms with Crippen LogP contribution in [-0.2, 0) is 0 Å². The Labute approximate surface area is 91.0 Å². The summed E-state index contributed by atoms with van der Waals surface area (Å²) in [5.41, 5.74) is 0.328. The van der Waals surface area contributed by atoms with Crippen LogP contribution in [0.1, 0.15) is 5.69 Å². The number of hydrogen-bond acceptors (Lipinski definition) is 5. The van der Waals surface area contributed by atoms with Crippen molar-refractivity contribution in [2.45, 2.75) is 9.92 Å². The molecule has 0 atom stereocenters. The molecule has 0 saturated carbocycles. The summed E-state index contributed by atoms with van der Waals surface area (Å²) in [4.78, 5) is 4.97. The molecule has 2 rings (SSSR count). The van der Waals surface area contributed by atoms with Gasteiger partial charge in [0.25, 0.3) is 0 Å². The monoisotopic (exact) mass is 214 g/mol. The van der Waals surface area contributed by atoms with Gasteiger partial charge in [0, 0.05) is 17.3 Å². The zero-order valence-electron chi connectivity index (χ0n) is 7.66. The van der Waals surface area contributed by atoms with E-state index >= 15 is 0 Å². The van der Waals surface area contributed by atoms with E-state index in [0.717, 1.165) is 9.92 Å². The number of nitriles is 1. The van der Waals surface area contributed by atoms with E-state index in [2.05, 4.69) is 15.2 Å². The van der Waals surface area contributed by atoms with Crippen molar-refractivity contribution in [3.05, 3.63) is 42.4 Å². The van der Waals surface area contributed by atoms with E-state index in [-0.39, 0.29) is 0 Å². The maximum atomic E-state index is 8.55. The first kappa shape index (κ1) is 9.62. The Bertz CT molecular complexity index is 475.